The van der Waals surface area contributed by atoms with Gasteiger partial charge in [-0.15, -0.1) is 0 Å². The number of rotatable bonds is 2. The van der Waals surface area contributed by atoms with Crippen molar-refractivity contribution >= 4 is 32.8 Å². The Morgan fingerprint density at radius 1 is 1.60 bits per heavy atom. The van der Waals surface area contributed by atoms with Crippen molar-refractivity contribution in [2.24, 2.45) is 0 Å². The highest BCUT2D eigenvalue weighted by atomic mass is 79.9. The normalized spacial score (nSPS) is 10.5. The zero-order chi connectivity index (χ0) is 10.8. The Balaban J connectivity index is 2.34. The van der Waals surface area contributed by atoms with Crippen LogP contribution in [0.1, 0.15) is 0 Å². The summed E-state index contributed by atoms with van der Waals surface area (Å²) in [5, 5.41) is 5.23. The Morgan fingerprint density at radius 3 is 3.13 bits per heavy atom. The third-order valence-corrected chi connectivity index (χ3v) is 2.53. The van der Waals surface area contributed by atoms with Crippen LogP contribution in [0.3, 0.4) is 0 Å². The van der Waals surface area contributed by atoms with Gasteiger partial charge in [0, 0.05) is 16.1 Å². The third-order valence-electron chi connectivity index (χ3n) is 2.03. The predicted octanol–water partition coefficient (Wildman–Crippen LogP) is 1.97. The molecule has 1 aromatic carbocycles. The molecular weight excluding hydrogens is 260 g/mol. The van der Waals surface area contributed by atoms with Crippen LogP contribution in [0.25, 0.3) is 10.9 Å². The second-order valence-electron chi connectivity index (χ2n) is 3.11. The lowest BCUT2D eigenvalue weighted by molar-refractivity contribution is -0.141. The Morgan fingerprint density at radius 2 is 2.40 bits per heavy atom. The van der Waals surface area contributed by atoms with Crippen molar-refractivity contribution in [3.63, 3.8) is 0 Å². The van der Waals surface area contributed by atoms with Crippen LogP contribution in [0.5, 0.6) is 0 Å². The standard InChI is InChI=1S/C10H9BrN2O2/c1-15-10(14)6-13-5-7-4-8(11)2-3-9(7)12-13/h2-5H,6H2,1H3. The summed E-state index contributed by atoms with van der Waals surface area (Å²) in [6.45, 7) is 0.142. The summed E-state index contributed by atoms with van der Waals surface area (Å²) in [4.78, 5) is 11.0. The topological polar surface area (TPSA) is 44.1 Å². The first kappa shape index (κ1) is 10.2. The first-order chi connectivity index (χ1) is 7.19. The van der Waals surface area contributed by atoms with Crippen molar-refractivity contribution in [3.05, 3.63) is 28.9 Å². The van der Waals surface area contributed by atoms with Gasteiger partial charge in [-0.3, -0.25) is 9.48 Å². The first-order valence-corrected chi connectivity index (χ1v) is 5.18. The molecule has 0 bridgehead atoms. The molecule has 5 heteroatoms. The van der Waals surface area contributed by atoms with Crippen molar-refractivity contribution < 1.29 is 9.53 Å². The lowest BCUT2D eigenvalue weighted by Crippen LogP contribution is -2.11. The van der Waals surface area contributed by atoms with Gasteiger partial charge < -0.3 is 4.74 Å². The molecule has 0 spiro atoms. The number of benzene rings is 1. The maximum Gasteiger partial charge on any atom is 0.327 e. The smallest absolute Gasteiger partial charge is 0.327 e. The van der Waals surface area contributed by atoms with E-state index in [2.05, 4.69) is 25.8 Å². The third kappa shape index (κ3) is 2.18. The minimum absolute atomic E-state index is 0.142. The number of ether oxygens (including phenoxy) is 1. The molecule has 0 aliphatic heterocycles. The van der Waals surface area contributed by atoms with Gasteiger partial charge in [-0.05, 0) is 18.2 Å². The largest absolute Gasteiger partial charge is 0.468 e. The average molecular weight is 269 g/mol. The van der Waals surface area contributed by atoms with Crippen LogP contribution in [-0.2, 0) is 16.1 Å². The van der Waals surface area contributed by atoms with Crippen LogP contribution >= 0.6 is 15.9 Å². The van der Waals surface area contributed by atoms with Crippen LogP contribution in [-0.4, -0.2) is 22.9 Å². The van der Waals surface area contributed by atoms with E-state index in [-0.39, 0.29) is 12.5 Å². The van der Waals surface area contributed by atoms with Gasteiger partial charge >= 0.3 is 5.97 Å². The molecule has 0 N–H and O–H groups in total. The minimum Gasteiger partial charge on any atom is -0.468 e. The maximum atomic E-state index is 11.0. The second-order valence-corrected chi connectivity index (χ2v) is 4.02. The predicted molar refractivity (Wildman–Crippen MR) is 59.4 cm³/mol. The van der Waals surface area contributed by atoms with E-state index < -0.39 is 0 Å². The van der Waals surface area contributed by atoms with Crippen LogP contribution in [0.15, 0.2) is 28.9 Å². The lowest BCUT2D eigenvalue weighted by Gasteiger charge is -1.97. The number of fused-ring (bicyclic) bond motifs is 1. The minimum atomic E-state index is -0.304. The van der Waals surface area contributed by atoms with Crippen LogP contribution in [0.4, 0.5) is 0 Å². The highest BCUT2D eigenvalue weighted by Gasteiger charge is 2.05. The summed E-state index contributed by atoms with van der Waals surface area (Å²) < 4.78 is 7.13. The van der Waals surface area contributed by atoms with Crippen molar-refractivity contribution in [2.45, 2.75) is 6.54 Å². The second kappa shape index (κ2) is 4.02. The molecule has 0 fully saturated rings. The number of esters is 1. The first-order valence-electron chi connectivity index (χ1n) is 4.38. The molecule has 0 aliphatic carbocycles. The summed E-state index contributed by atoms with van der Waals surface area (Å²) >= 11 is 3.38. The van der Waals surface area contributed by atoms with Crippen molar-refractivity contribution in [2.75, 3.05) is 7.11 Å². The highest BCUT2D eigenvalue weighted by molar-refractivity contribution is 9.10. The van der Waals surface area contributed by atoms with Gasteiger partial charge in [-0.2, -0.15) is 5.10 Å². The molecule has 1 heterocycles. The summed E-state index contributed by atoms with van der Waals surface area (Å²) in [5.74, 6) is -0.304. The monoisotopic (exact) mass is 268 g/mol. The summed E-state index contributed by atoms with van der Waals surface area (Å²) in [6.07, 6.45) is 1.82. The van der Waals surface area contributed by atoms with E-state index in [0.717, 1.165) is 15.4 Å². The molecule has 0 radical (unpaired) electrons. The van der Waals surface area contributed by atoms with Crippen molar-refractivity contribution in [1.82, 2.24) is 9.78 Å². The van der Waals surface area contributed by atoms with Gasteiger partial charge in [0.1, 0.15) is 6.54 Å². The fourth-order valence-corrected chi connectivity index (χ4v) is 1.70. The molecule has 0 saturated heterocycles. The zero-order valence-corrected chi connectivity index (χ0v) is 9.69. The lowest BCUT2D eigenvalue weighted by atomic mass is 10.3. The van der Waals surface area contributed by atoms with E-state index in [1.54, 1.807) is 4.68 Å². The zero-order valence-electron chi connectivity index (χ0n) is 8.11. The van der Waals surface area contributed by atoms with E-state index >= 15 is 0 Å². The average Bonchev–Trinajstić information content (AvgIpc) is 2.59. The summed E-state index contributed by atoms with van der Waals surface area (Å²) in [5.41, 5.74) is 0.863. The molecule has 78 valence electrons. The molecule has 0 atom stereocenters. The molecule has 0 aliphatic rings. The van der Waals surface area contributed by atoms with E-state index in [4.69, 9.17) is 0 Å². The summed E-state index contributed by atoms with van der Waals surface area (Å²) in [7, 11) is 1.36. The fourth-order valence-electron chi connectivity index (χ4n) is 1.33. The number of carbonyl (C=O) groups is 1. The Labute approximate surface area is 95.0 Å². The van der Waals surface area contributed by atoms with E-state index in [1.807, 2.05) is 24.4 Å². The number of aromatic nitrogens is 2. The summed E-state index contributed by atoms with van der Waals surface area (Å²) in [6, 6.07) is 5.77. The van der Waals surface area contributed by atoms with Gasteiger partial charge in [0.15, 0.2) is 0 Å². The molecule has 15 heavy (non-hydrogen) atoms. The SMILES string of the molecule is COC(=O)Cn1cc2cc(Br)ccc2n1. The van der Waals surface area contributed by atoms with Crippen molar-refractivity contribution in [1.29, 1.82) is 0 Å². The van der Waals surface area contributed by atoms with Crippen LogP contribution in [0, 0.1) is 0 Å². The Hall–Kier alpha value is -1.36. The van der Waals surface area contributed by atoms with E-state index in [1.165, 1.54) is 7.11 Å². The quantitative estimate of drug-likeness (QED) is 0.783. The number of halogens is 1. The van der Waals surface area contributed by atoms with Crippen LogP contribution < -0.4 is 0 Å². The molecule has 4 nitrogen and oxygen atoms in total. The van der Waals surface area contributed by atoms with Gasteiger partial charge in [0.2, 0.25) is 0 Å². The Kier molecular flexibility index (Phi) is 2.73. The molecular formula is C10H9BrN2O2. The number of hydrogen-bond donors (Lipinski definition) is 0. The molecule has 0 amide bonds. The van der Waals surface area contributed by atoms with Gasteiger partial charge in [-0.25, -0.2) is 0 Å². The van der Waals surface area contributed by atoms with E-state index in [9.17, 15) is 4.79 Å². The van der Waals surface area contributed by atoms with Gasteiger partial charge in [-0.1, -0.05) is 15.9 Å². The number of methoxy groups -OCH3 is 1. The van der Waals surface area contributed by atoms with Gasteiger partial charge in [0.05, 0.1) is 12.6 Å². The van der Waals surface area contributed by atoms with Crippen LogP contribution in [0.2, 0.25) is 0 Å². The Bertz CT molecular complexity index is 507. The highest BCUT2D eigenvalue weighted by Crippen LogP contribution is 2.18. The molecule has 0 saturated carbocycles. The van der Waals surface area contributed by atoms with E-state index in [0.29, 0.717) is 0 Å². The molecule has 0 unspecified atom stereocenters. The molecule has 2 rings (SSSR count). The molecule has 2 aromatic rings. The number of carbonyl (C=O) groups excluding carboxylic acids is 1. The maximum absolute atomic E-state index is 11.0. The van der Waals surface area contributed by atoms with Crippen molar-refractivity contribution in [3.8, 4) is 0 Å². The van der Waals surface area contributed by atoms with Gasteiger partial charge in [0.25, 0.3) is 0 Å². The molecule has 1 aromatic heterocycles. The fraction of sp³-hybridized carbons (Fsp3) is 0.200. The number of nitrogens with zero attached hydrogens (tertiary/aromatic N) is 2. The number of hydrogen-bond acceptors (Lipinski definition) is 3.